The van der Waals surface area contributed by atoms with Crippen LogP contribution in [-0.4, -0.2) is 22.8 Å². The number of hydrogen-bond donors (Lipinski definition) is 1. The molecule has 0 aliphatic carbocycles. The maximum absolute atomic E-state index is 9.05. The highest BCUT2D eigenvalue weighted by molar-refractivity contribution is 6.29. The summed E-state index contributed by atoms with van der Waals surface area (Å²) in [5.41, 5.74) is 0.769. The van der Waals surface area contributed by atoms with Crippen LogP contribution in [0.1, 0.15) is 0 Å². The molecule has 4 nitrogen and oxygen atoms in total. The minimum Gasteiger partial charge on any atom is -0.490 e. The Morgan fingerprint density at radius 1 is 1.41 bits per heavy atom. The third kappa shape index (κ3) is 2.84. The molecule has 0 saturated carbocycles. The van der Waals surface area contributed by atoms with Gasteiger partial charge in [-0.1, -0.05) is 11.6 Å². The molecule has 1 N–H and O–H groups in total. The van der Waals surface area contributed by atoms with Crippen molar-refractivity contribution in [2.24, 2.45) is 0 Å². The highest BCUT2D eigenvalue weighted by Crippen LogP contribution is 2.21. The van der Waals surface area contributed by atoms with Crippen molar-refractivity contribution >= 4 is 22.5 Å². The number of rotatable bonds is 3. The van der Waals surface area contributed by atoms with Crippen LogP contribution in [0.5, 0.6) is 5.75 Å². The summed E-state index contributed by atoms with van der Waals surface area (Å²) < 4.78 is 5.26. The van der Waals surface area contributed by atoms with E-state index in [-0.39, 0.29) is 6.61 Å². The quantitative estimate of drug-likeness (QED) is 0.668. The van der Waals surface area contributed by atoms with Gasteiger partial charge in [0.2, 0.25) is 0 Å². The zero-order valence-corrected chi connectivity index (χ0v) is 9.55. The van der Waals surface area contributed by atoms with Gasteiger partial charge in [-0.3, -0.25) is 0 Å². The number of nitrogens with zero attached hydrogens (tertiary/aromatic N) is 2. The average molecular weight is 249 g/mol. The van der Waals surface area contributed by atoms with Gasteiger partial charge in [0.15, 0.2) is 6.10 Å². The van der Waals surface area contributed by atoms with Crippen LogP contribution in [0.25, 0.3) is 10.9 Å². The van der Waals surface area contributed by atoms with Crippen molar-refractivity contribution in [2.75, 3.05) is 6.61 Å². The van der Waals surface area contributed by atoms with E-state index in [1.54, 1.807) is 30.3 Å². The Hall–Kier alpha value is -1.83. The van der Waals surface area contributed by atoms with E-state index in [1.807, 2.05) is 6.07 Å². The molecule has 0 aliphatic rings. The summed E-state index contributed by atoms with van der Waals surface area (Å²) >= 11 is 5.77. The Bertz CT molecular complexity index is 580. The standard InChI is InChI=1S/C12H9ClN2O2/c13-12-4-1-8-5-10(2-3-11(8)15-12)17-7-9(16)6-14/h1-5,9,16H,7H2. The molecule has 1 heterocycles. The van der Waals surface area contributed by atoms with E-state index in [0.29, 0.717) is 10.9 Å². The molecule has 1 atom stereocenters. The number of fused-ring (bicyclic) bond motifs is 1. The van der Waals surface area contributed by atoms with Gasteiger partial charge in [0.1, 0.15) is 17.5 Å². The fourth-order valence-corrected chi connectivity index (χ4v) is 1.54. The number of aliphatic hydroxyl groups is 1. The fourth-order valence-electron chi connectivity index (χ4n) is 1.38. The molecule has 0 aliphatic heterocycles. The van der Waals surface area contributed by atoms with Crippen molar-refractivity contribution in [1.82, 2.24) is 4.98 Å². The number of pyridine rings is 1. The van der Waals surface area contributed by atoms with Gasteiger partial charge >= 0.3 is 0 Å². The van der Waals surface area contributed by atoms with Crippen LogP contribution in [-0.2, 0) is 0 Å². The third-order valence-electron chi connectivity index (χ3n) is 2.18. The molecule has 1 aromatic heterocycles. The molecule has 5 heteroatoms. The molecule has 0 amide bonds. The second kappa shape index (κ2) is 5.00. The molecule has 86 valence electrons. The number of aromatic nitrogens is 1. The van der Waals surface area contributed by atoms with E-state index in [9.17, 15) is 0 Å². The van der Waals surface area contributed by atoms with Gasteiger partial charge in [0.05, 0.1) is 11.6 Å². The lowest BCUT2D eigenvalue weighted by Gasteiger charge is -2.07. The highest BCUT2D eigenvalue weighted by atomic mass is 35.5. The Morgan fingerprint density at radius 2 is 2.24 bits per heavy atom. The fraction of sp³-hybridized carbons (Fsp3) is 0.167. The predicted molar refractivity (Wildman–Crippen MR) is 63.9 cm³/mol. The number of nitriles is 1. The van der Waals surface area contributed by atoms with Crippen molar-refractivity contribution in [2.45, 2.75) is 6.10 Å². The average Bonchev–Trinajstić information content (AvgIpc) is 2.35. The molecule has 17 heavy (non-hydrogen) atoms. The second-order valence-corrected chi connectivity index (χ2v) is 3.83. The SMILES string of the molecule is N#CC(O)COc1ccc2nc(Cl)ccc2c1. The smallest absolute Gasteiger partial charge is 0.174 e. The van der Waals surface area contributed by atoms with Gasteiger partial charge in [-0.2, -0.15) is 5.26 Å². The first-order chi connectivity index (χ1) is 8.19. The van der Waals surface area contributed by atoms with E-state index in [1.165, 1.54) is 0 Å². The number of hydrogen-bond acceptors (Lipinski definition) is 4. The number of ether oxygens (including phenoxy) is 1. The number of aliphatic hydroxyl groups excluding tert-OH is 1. The molecule has 0 bridgehead atoms. The lowest BCUT2D eigenvalue weighted by atomic mass is 10.2. The summed E-state index contributed by atoms with van der Waals surface area (Å²) in [5.74, 6) is 0.580. The Balaban J connectivity index is 2.21. The maximum atomic E-state index is 9.05. The first-order valence-corrected chi connectivity index (χ1v) is 5.33. The van der Waals surface area contributed by atoms with Crippen molar-refractivity contribution < 1.29 is 9.84 Å². The van der Waals surface area contributed by atoms with Gasteiger partial charge < -0.3 is 9.84 Å². The van der Waals surface area contributed by atoms with Crippen LogP contribution in [0.15, 0.2) is 30.3 Å². The zero-order valence-electron chi connectivity index (χ0n) is 8.80. The second-order valence-electron chi connectivity index (χ2n) is 3.44. The van der Waals surface area contributed by atoms with Crippen LogP contribution in [0.3, 0.4) is 0 Å². The molecule has 0 saturated heterocycles. The zero-order chi connectivity index (χ0) is 12.3. The lowest BCUT2D eigenvalue weighted by molar-refractivity contribution is 0.150. The Labute approximate surface area is 103 Å². The number of halogens is 1. The molecule has 2 aromatic rings. The van der Waals surface area contributed by atoms with Crippen molar-refractivity contribution in [1.29, 1.82) is 5.26 Å². The summed E-state index contributed by atoms with van der Waals surface area (Å²) in [6.07, 6.45) is -1.12. The van der Waals surface area contributed by atoms with Gasteiger partial charge in [-0.15, -0.1) is 0 Å². The Morgan fingerprint density at radius 3 is 3.00 bits per heavy atom. The monoisotopic (exact) mass is 248 g/mol. The number of benzene rings is 1. The van der Waals surface area contributed by atoms with Gasteiger partial charge in [0.25, 0.3) is 0 Å². The van der Waals surface area contributed by atoms with Crippen LogP contribution in [0.4, 0.5) is 0 Å². The first kappa shape index (κ1) is 11.6. The van der Waals surface area contributed by atoms with E-state index in [4.69, 9.17) is 26.7 Å². The third-order valence-corrected chi connectivity index (χ3v) is 2.39. The van der Waals surface area contributed by atoms with Crippen LogP contribution < -0.4 is 4.74 Å². The molecule has 2 rings (SSSR count). The van der Waals surface area contributed by atoms with Crippen molar-refractivity contribution in [3.05, 3.63) is 35.5 Å². The minimum absolute atomic E-state index is 0.0526. The molecular formula is C12H9ClN2O2. The molecule has 0 spiro atoms. The van der Waals surface area contributed by atoms with Crippen LogP contribution >= 0.6 is 11.6 Å². The molecule has 1 unspecified atom stereocenters. The molecular weight excluding hydrogens is 240 g/mol. The topological polar surface area (TPSA) is 66.1 Å². The normalized spacial score (nSPS) is 12.1. The van der Waals surface area contributed by atoms with Crippen molar-refractivity contribution in [3.63, 3.8) is 0 Å². The van der Waals surface area contributed by atoms with Gasteiger partial charge in [0, 0.05) is 5.39 Å². The minimum atomic E-state index is -1.12. The largest absolute Gasteiger partial charge is 0.490 e. The summed E-state index contributed by atoms with van der Waals surface area (Å²) in [5, 5.41) is 18.8. The van der Waals surface area contributed by atoms with E-state index in [2.05, 4.69) is 4.98 Å². The lowest BCUT2D eigenvalue weighted by Crippen LogP contribution is -2.14. The summed E-state index contributed by atoms with van der Waals surface area (Å²) in [6, 6.07) is 10.5. The van der Waals surface area contributed by atoms with Crippen molar-refractivity contribution in [3.8, 4) is 11.8 Å². The molecule has 0 radical (unpaired) electrons. The summed E-state index contributed by atoms with van der Waals surface area (Å²) in [6.45, 7) is -0.0526. The summed E-state index contributed by atoms with van der Waals surface area (Å²) in [4.78, 5) is 4.14. The van der Waals surface area contributed by atoms with Gasteiger partial charge in [-0.05, 0) is 30.3 Å². The first-order valence-electron chi connectivity index (χ1n) is 4.96. The molecule has 1 aromatic carbocycles. The maximum Gasteiger partial charge on any atom is 0.174 e. The van der Waals surface area contributed by atoms with Crippen LogP contribution in [0, 0.1) is 11.3 Å². The summed E-state index contributed by atoms with van der Waals surface area (Å²) in [7, 11) is 0. The highest BCUT2D eigenvalue weighted by Gasteiger charge is 2.04. The van der Waals surface area contributed by atoms with E-state index < -0.39 is 6.10 Å². The van der Waals surface area contributed by atoms with E-state index in [0.717, 1.165) is 10.9 Å². The van der Waals surface area contributed by atoms with E-state index >= 15 is 0 Å². The Kier molecular flexibility index (Phi) is 3.43. The molecule has 0 fully saturated rings. The van der Waals surface area contributed by atoms with Crippen LogP contribution in [0.2, 0.25) is 5.15 Å². The predicted octanol–water partition coefficient (Wildman–Crippen LogP) is 2.15. The van der Waals surface area contributed by atoms with Gasteiger partial charge in [-0.25, -0.2) is 4.98 Å².